The number of ether oxygens (including phenoxy) is 4. The van der Waals surface area contributed by atoms with Crippen molar-refractivity contribution in [3.63, 3.8) is 0 Å². The molecule has 0 radical (unpaired) electrons. The van der Waals surface area contributed by atoms with Crippen molar-refractivity contribution >= 4 is 46.6 Å². The predicted molar refractivity (Wildman–Crippen MR) is 286 cm³/mol. The van der Waals surface area contributed by atoms with E-state index >= 15 is 0 Å². The van der Waals surface area contributed by atoms with E-state index in [1.165, 1.54) is 21.5 Å². The van der Waals surface area contributed by atoms with Gasteiger partial charge in [-0.1, -0.05) is 108 Å². The summed E-state index contributed by atoms with van der Waals surface area (Å²) in [5.41, 5.74) is 0.132. The highest BCUT2D eigenvalue weighted by Crippen LogP contribution is 2.53. The Morgan fingerprint density at radius 2 is 1.40 bits per heavy atom. The van der Waals surface area contributed by atoms with Gasteiger partial charge in [0, 0.05) is 29.9 Å². The minimum atomic E-state index is -1.99. The second-order valence-corrected chi connectivity index (χ2v) is 20.3. The average molecular weight is 1030 g/mol. The van der Waals surface area contributed by atoms with E-state index in [1.54, 1.807) is 20.4 Å². The first kappa shape index (κ1) is 50.9. The monoisotopic (exact) mass is 1030 g/mol. The van der Waals surface area contributed by atoms with Crippen LogP contribution in [0.25, 0.3) is 32.3 Å². The van der Waals surface area contributed by atoms with Crippen LogP contribution in [0.5, 0.6) is 11.5 Å². The average Bonchev–Trinajstić information content (AvgIpc) is 4.05. The van der Waals surface area contributed by atoms with Crippen LogP contribution in [0.3, 0.4) is 0 Å². The topological polar surface area (TPSA) is 185 Å². The highest BCUT2D eigenvalue weighted by atomic mass is 31.2. The van der Waals surface area contributed by atoms with Crippen LogP contribution in [-0.2, 0) is 24.1 Å². The van der Waals surface area contributed by atoms with Crippen LogP contribution in [0.15, 0.2) is 162 Å². The lowest BCUT2D eigenvalue weighted by atomic mass is 9.80. The normalized spacial score (nSPS) is 17.4. The van der Waals surface area contributed by atoms with Crippen molar-refractivity contribution in [3.05, 3.63) is 201 Å². The first-order chi connectivity index (χ1) is 36.4. The van der Waals surface area contributed by atoms with E-state index in [-0.39, 0.29) is 43.2 Å². The number of methoxy groups -OCH3 is 2. The molecule has 382 valence electrons. The molecule has 9 aromatic rings. The maximum Gasteiger partial charge on any atom is 0.330 e. The molecule has 1 aliphatic rings. The third-order valence-electron chi connectivity index (χ3n) is 13.8. The maximum atomic E-state index is 14.9. The van der Waals surface area contributed by atoms with E-state index in [1.807, 2.05) is 137 Å². The van der Waals surface area contributed by atoms with Crippen molar-refractivity contribution in [2.75, 3.05) is 27.4 Å². The second-order valence-electron chi connectivity index (χ2n) is 18.9. The summed E-state index contributed by atoms with van der Waals surface area (Å²) in [5, 5.41) is 24.8. The molecular formula is C58H56N7O9P. The zero-order valence-electron chi connectivity index (χ0n) is 42.3. The van der Waals surface area contributed by atoms with Crippen molar-refractivity contribution in [1.29, 1.82) is 5.26 Å². The Hall–Kier alpha value is -7.61. The summed E-state index contributed by atoms with van der Waals surface area (Å²) in [6.45, 7) is 8.02. The van der Waals surface area contributed by atoms with Crippen LogP contribution in [0.1, 0.15) is 79.1 Å². The second kappa shape index (κ2) is 21.7. The number of benzene rings is 7. The molecule has 1 aliphatic heterocycles. The van der Waals surface area contributed by atoms with Crippen LogP contribution >= 0.6 is 8.53 Å². The van der Waals surface area contributed by atoms with Gasteiger partial charge in [0.2, 0.25) is 5.78 Å². The van der Waals surface area contributed by atoms with Gasteiger partial charge in [0.05, 0.1) is 46.1 Å². The van der Waals surface area contributed by atoms with Crippen molar-refractivity contribution in [2.24, 2.45) is 0 Å². The fraction of sp³-hybridized carbons (Fsp3) is 0.276. The summed E-state index contributed by atoms with van der Waals surface area (Å²) < 4.78 is 44.5. The number of nitriles is 1. The summed E-state index contributed by atoms with van der Waals surface area (Å²) in [4.78, 5) is 44.0. The van der Waals surface area contributed by atoms with Crippen LogP contribution < -0.4 is 20.7 Å². The fourth-order valence-electron chi connectivity index (χ4n) is 10.4. The van der Waals surface area contributed by atoms with Gasteiger partial charge in [0.25, 0.3) is 14.1 Å². The van der Waals surface area contributed by atoms with E-state index < -0.39 is 49.9 Å². The third-order valence-corrected chi connectivity index (χ3v) is 15.9. The minimum absolute atomic E-state index is 0.0386. The predicted octanol–water partition coefficient (Wildman–Crippen LogP) is 10.1. The molecule has 1 unspecified atom stereocenters. The molecule has 5 atom stereocenters. The first-order valence-corrected chi connectivity index (χ1v) is 25.9. The molecule has 7 aromatic carbocycles. The lowest BCUT2D eigenvalue weighted by Gasteiger charge is -2.39. The molecule has 0 bridgehead atoms. The smallest absolute Gasteiger partial charge is 0.330 e. The molecule has 1 saturated heterocycles. The summed E-state index contributed by atoms with van der Waals surface area (Å²) in [6.07, 6.45) is -0.326. The number of hydrogen-bond donors (Lipinski definition) is 1. The maximum absolute atomic E-state index is 14.9. The number of ketones is 1. The van der Waals surface area contributed by atoms with Crippen molar-refractivity contribution in [3.8, 4) is 17.6 Å². The molecule has 10 rings (SSSR count). The van der Waals surface area contributed by atoms with Crippen molar-refractivity contribution in [1.82, 2.24) is 29.2 Å². The number of carbonyl (C=O) groups is 1. The molecule has 2 aromatic heterocycles. The van der Waals surface area contributed by atoms with Crippen molar-refractivity contribution < 1.29 is 32.8 Å². The summed E-state index contributed by atoms with van der Waals surface area (Å²) in [7, 11) is 1.23. The van der Waals surface area contributed by atoms with Gasteiger partial charge >= 0.3 is 5.69 Å². The molecule has 1 N–H and O–H groups in total. The molecular weight excluding hydrogens is 970 g/mol. The van der Waals surface area contributed by atoms with E-state index in [0.717, 1.165) is 49.0 Å². The van der Waals surface area contributed by atoms with Gasteiger partial charge in [-0.15, -0.1) is 5.10 Å². The standard InChI is InChI=1S/C58H56N7O9P/c1-36(2)65(37(3)4)75(72-33-11-31-59)74-55-49(35-71-58(41-14-8-7-9-15-41,42-20-24-44(69-5)25-21-42)43-22-26-45(70-6)27-23-43)73-56(63-32-30-50(66)60-57(63)68)53(55)64-34-48(61-62-64)54(67)47-29-19-40-17-16-38-12-10-13-39-18-28-46(47)52(40)51(38)39/h7-10,12-30,32,34,36-37,49,53,55-56H,11,33,35H2,1-6H3,(H,60,66,68)/t49-,53-,55-,56-,75?/m1/s1. The highest BCUT2D eigenvalue weighted by Gasteiger charge is 2.52. The zero-order valence-corrected chi connectivity index (χ0v) is 43.2. The molecule has 3 heterocycles. The lowest BCUT2D eigenvalue weighted by molar-refractivity contribution is -0.0932. The Morgan fingerprint density at radius 3 is 2.01 bits per heavy atom. The number of aromatic nitrogens is 5. The van der Waals surface area contributed by atoms with E-state index in [9.17, 15) is 19.6 Å². The quantitative estimate of drug-likeness (QED) is 0.0250. The molecule has 16 nitrogen and oxygen atoms in total. The van der Waals surface area contributed by atoms with Crippen LogP contribution in [-0.4, -0.2) is 86.7 Å². The van der Waals surface area contributed by atoms with Crippen LogP contribution in [0.4, 0.5) is 0 Å². The Balaban J connectivity index is 1.13. The number of nitrogens with zero attached hydrogens (tertiary/aromatic N) is 6. The van der Waals surface area contributed by atoms with Crippen LogP contribution in [0.2, 0.25) is 0 Å². The van der Waals surface area contributed by atoms with E-state index in [4.69, 9.17) is 28.0 Å². The highest BCUT2D eigenvalue weighted by molar-refractivity contribution is 7.44. The van der Waals surface area contributed by atoms with E-state index in [0.29, 0.717) is 17.1 Å². The van der Waals surface area contributed by atoms with Gasteiger partial charge in [0.15, 0.2) is 11.9 Å². The molecule has 0 aliphatic carbocycles. The van der Waals surface area contributed by atoms with Gasteiger partial charge in [-0.25, -0.2) is 14.1 Å². The van der Waals surface area contributed by atoms with Gasteiger partial charge < -0.3 is 28.0 Å². The number of aromatic amines is 1. The molecule has 0 saturated carbocycles. The molecule has 17 heteroatoms. The Morgan fingerprint density at radius 1 is 0.787 bits per heavy atom. The fourth-order valence-corrected chi connectivity index (χ4v) is 12.2. The lowest BCUT2D eigenvalue weighted by Crippen LogP contribution is -2.41. The van der Waals surface area contributed by atoms with Crippen molar-refractivity contribution in [2.45, 2.75) is 76.3 Å². The van der Waals surface area contributed by atoms with Crippen LogP contribution in [0, 0.1) is 11.3 Å². The van der Waals surface area contributed by atoms with Gasteiger partial charge in [-0.2, -0.15) is 5.26 Å². The zero-order chi connectivity index (χ0) is 52.4. The summed E-state index contributed by atoms with van der Waals surface area (Å²) >= 11 is 0. The molecule has 0 amide bonds. The minimum Gasteiger partial charge on any atom is -0.497 e. The number of nitrogens with one attached hydrogen (secondary N) is 1. The number of hydrogen-bond acceptors (Lipinski definition) is 13. The Bertz CT molecular complexity index is 3540. The molecule has 1 fully saturated rings. The van der Waals surface area contributed by atoms with Gasteiger partial charge in [-0.05, 0) is 107 Å². The number of rotatable bonds is 20. The van der Waals surface area contributed by atoms with Gasteiger partial charge in [-0.3, -0.25) is 19.1 Å². The first-order valence-electron chi connectivity index (χ1n) is 24.8. The number of H-pyrrole nitrogens is 1. The molecule has 0 spiro atoms. The summed E-state index contributed by atoms with van der Waals surface area (Å²) in [6, 6.07) is 45.3. The largest absolute Gasteiger partial charge is 0.497 e. The Labute approximate surface area is 434 Å². The Kier molecular flexibility index (Phi) is 14.7. The summed E-state index contributed by atoms with van der Waals surface area (Å²) in [5.74, 6) is 0.928. The van der Waals surface area contributed by atoms with Gasteiger partial charge in [0.1, 0.15) is 35.3 Å². The third kappa shape index (κ3) is 9.71. The number of carbonyl (C=O) groups excluding carboxylic acids is 1. The van der Waals surface area contributed by atoms with E-state index in [2.05, 4.69) is 50.3 Å². The SMILES string of the molecule is COc1ccc(C(OC[C@H]2O[C@@H](n3ccc(=O)[nH]c3=O)[C@H](n3cc(C(=O)c4ccc5ccc6cccc7ccc4c5c67)nn3)[C@@H]2OP(OCCC#N)N(C(C)C)C(C)C)(c2ccccc2)c2ccc(OC)cc2)cc1. The molecule has 75 heavy (non-hydrogen) atoms.